The van der Waals surface area contributed by atoms with Crippen LogP contribution in [0.4, 0.5) is 10.8 Å². The van der Waals surface area contributed by atoms with E-state index in [1.54, 1.807) is 0 Å². The van der Waals surface area contributed by atoms with Crippen molar-refractivity contribution in [3.63, 3.8) is 0 Å². The van der Waals surface area contributed by atoms with E-state index in [2.05, 4.69) is 20.2 Å². The molecule has 0 saturated heterocycles. The molecular formula is C13H16N4O4S3. The Kier molecular flexibility index (Phi) is 6.02. The summed E-state index contributed by atoms with van der Waals surface area (Å²) in [6.45, 7) is 3.30. The number of nitrogens with zero attached hydrogens (tertiary/aromatic N) is 2. The van der Waals surface area contributed by atoms with Crippen molar-refractivity contribution in [3.05, 3.63) is 18.2 Å². The van der Waals surface area contributed by atoms with E-state index in [1.165, 1.54) is 44.0 Å². The minimum Gasteiger partial charge on any atom is -0.495 e. The average molecular weight is 388 g/mol. The van der Waals surface area contributed by atoms with Crippen molar-refractivity contribution >= 4 is 49.8 Å². The molecule has 8 nitrogen and oxygen atoms in total. The van der Waals surface area contributed by atoms with Gasteiger partial charge in [-0.3, -0.25) is 9.52 Å². The van der Waals surface area contributed by atoms with Gasteiger partial charge in [-0.15, -0.1) is 10.2 Å². The first-order valence-electron chi connectivity index (χ1n) is 6.80. The molecule has 1 amide bonds. The number of benzene rings is 1. The molecule has 0 bridgehead atoms. The van der Waals surface area contributed by atoms with E-state index >= 15 is 0 Å². The highest BCUT2D eigenvalue weighted by molar-refractivity contribution is 8.01. The lowest BCUT2D eigenvalue weighted by Crippen LogP contribution is -2.14. The van der Waals surface area contributed by atoms with Gasteiger partial charge in [0.2, 0.25) is 11.0 Å². The number of thioether (sulfide) groups is 1. The average Bonchev–Trinajstić information content (AvgIpc) is 2.93. The van der Waals surface area contributed by atoms with E-state index in [0.717, 1.165) is 17.1 Å². The summed E-state index contributed by atoms with van der Waals surface area (Å²) in [6.07, 6.45) is 0. The zero-order valence-corrected chi connectivity index (χ0v) is 15.6. The van der Waals surface area contributed by atoms with Crippen molar-refractivity contribution < 1.29 is 17.9 Å². The maximum absolute atomic E-state index is 12.5. The van der Waals surface area contributed by atoms with E-state index in [1.807, 2.05) is 6.92 Å². The normalized spacial score (nSPS) is 11.1. The van der Waals surface area contributed by atoms with Crippen LogP contribution in [0.3, 0.4) is 0 Å². The van der Waals surface area contributed by atoms with Gasteiger partial charge in [-0.25, -0.2) is 8.42 Å². The Labute approximate surface area is 148 Å². The van der Waals surface area contributed by atoms with E-state index < -0.39 is 10.0 Å². The quantitative estimate of drug-likeness (QED) is 0.701. The highest BCUT2D eigenvalue weighted by Crippen LogP contribution is 2.30. The van der Waals surface area contributed by atoms with Crippen LogP contribution >= 0.6 is 23.1 Å². The van der Waals surface area contributed by atoms with Crippen molar-refractivity contribution in [2.75, 3.05) is 22.9 Å². The van der Waals surface area contributed by atoms with Gasteiger partial charge in [0.1, 0.15) is 5.75 Å². The van der Waals surface area contributed by atoms with Gasteiger partial charge in [0.25, 0.3) is 10.0 Å². The molecule has 0 saturated carbocycles. The standard InChI is InChI=1S/C13H16N4O4S3/c1-4-22-13-16-15-12(23-13)17-24(19,20)9-5-6-11(21-3)10(7-9)14-8(2)18/h5-7H,4H2,1-3H3,(H,14,18)(H,15,17). The molecule has 1 aromatic carbocycles. The van der Waals surface area contributed by atoms with E-state index in [-0.39, 0.29) is 21.6 Å². The zero-order valence-electron chi connectivity index (χ0n) is 13.2. The van der Waals surface area contributed by atoms with Gasteiger partial charge < -0.3 is 10.1 Å². The van der Waals surface area contributed by atoms with Gasteiger partial charge in [-0.1, -0.05) is 30.0 Å². The van der Waals surface area contributed by atoms with Crippen molar-refractivity contribution in [1.82, 2.24) is 10.2 Å². The Morgan fingerprint density at radius 3 is 2.75 bits per heavy atom. The molecule has 1 aromatic heterocycles. The second-order valence-corrected chi connectivity index (χ2v) is 8.63. The summed E-state index contributed by atoms with van der Waals surface area (Å²) in [4.78, 5) is 11.2. The van der Waals surface area contributed by atoms with Crippen LogP contribution in [0.25, 0.3) is 0 Å². The summed E-state index contributed by atoms with van der Waals surface area (Å²) in [7, 11) is -2.42. The maximum atomic E-state index is 12.5. The molecule has 0 spiro atoms. The molecule has 0 radical (unpaired) electrons. The predicted octanol–water partition coefficient (Wildman–Crippen LogP) is 2.42. The number of hydrogen-bond acceptors (Lipinski definition) is 8. The van der Waals surface area contributed by atoms with Crippen molar-refractivity contribution in [2.24, 2.45) is 0 Å². The summed E-state index contributed by atoms with van der Waals surface area (Å²) >= 11 is 2.64. The maximum Gasteiger partial charge on any atom is 0.263 e. The van der Waals surface area contributed by atoms with Crippen LogP contribution in [-0.4, -0.2) is 37.4 Å². The lowest BCUT2D eigenvalue weighted by Gasteiger charge is -2.11. The third kappa shape index (κ3) is 4.58. The summed E-state index contributed by atoms with van der Waals surface area (Å²) in [5, 5.41) is 10.4. The molecule has 0 aliphatic carbocycles. The molecular weight excluding hydrogens is 372 g/mol. The molecule has 0 aliphatic rings. The molecule has 2 N–H and O–H groups in total. The van der Waals surface area contributed by atoms with Gasteiger partial charge in [-0.2, -0.15) is 0 Å². The second-order valence-electron chi connectivity index (χ2n) is 4.45. The zero-order chi connectivity index (χ0) is 17.7. The smallest absolute Gasteiger partial charge is 0.263 e. The predicted molar refractivity (Wildman–Crippen MR) is 94.4 cm³/mol. The van der Waals surface area contributed by atoms with Gasteiger partial charge in [0.05, 0.1) is 17.7 Å². The monoisotopic (exact) mass is 388 g/mol. The van der Waals surface area contributed by atoms with Crippen LogP contribution in [0.5, 0.6) is 5.75 Å². The number of aromatic nitrogens is 2. The van der Waals surface area contributed by atoms with Crippen LogP contribution in [0.2, 0.25) is 0 Å². The number of carbonyl (C=O) groups excluding carboxylic acids is 1. The van der Waals surface area contributed by atoms with Crippen LogP contribution < -0.4 is 14.8 Å². The fourth-order valence-electron chi connectivity index (χ4n) is 1.75. The number of sulfonamides is 1. The van der Waals surface area contributed by atoms with Gasteiger partial charge >= 0.3 is 0 Å². The first-order chi connectivity index (χ1) is 11.4. The summed E-state index contributed by atoms with van der Waals surface area (Å²) in [6, 6.07) is 4.18. The second kappa shape index (κ2) is 7.81. The lowest BCUT2D eigenvalue weighted by atomic mass is 10.3. The van der Waals surface area contributed by atoms with E-state index in [0.29, 0.717) is 10.1 Å². The molecule has 0 fully saturated rings. The molecule has 2 rings (SSSR count). The molecule has 0 unspecified atom stereocenters. The molecule has 11 heteroatoms. The summed E-state index contributed by atoms with van der Waals surface area (Å²) in [5.74, 6) is 0.850. The van der Waals surface area contributed by atoms with Crippen LogP contribution in [0.15, 0.2) is 27.4 Å². The molecule has 2 aromatic rings. The minimum absolute atomic E-state index is 0.0213. The number of nitrogens with one attached hydrogen (secondary N) is 2. The molecule has 0 atom stereocenters. The largest absolute Gasteiger partial charge is 0.495 e. The fourth-order valence-corrected chi connectivity index (χ4v) is 4.65. The van der Waals surface area contributed by atoms with Crippen molar-refractivity contribution in [3.8, 4) is 5.75 Å². The molecule has 130 valence electrons. The van der Waals surface area contributed by atoms with E-state index in [9.17, 15) is 13.2 Å². The SMILES string of the molecule is CCSc1nnc(NS(=O)(=O)c2ccc(OC)c(NC(C)=O)c2)s1. The van der Waals surface area contributed by atoms with E-state index in [4.69, 9.17) is 4.74 Å². The number of ether oxygens (including phenoxy) is 1. The van der Waals surface area contributed by atoms with Crippen molar-refractivity contribution in [2.45, 2.75) is 23.1 Å². The number of carbonyl (C=O) groups is 1. The van der Waals surface area contributed by atoms with Gasteiger partial charge in [-0.05, 0) is 24.0 Å². The topological polar surface area (TPSA) is 110 Å². The number of hydrogen-bond donors (Lipinski definition) is 2. The fraction of sp³-hybridized carbons (Fsp3) is 0.308. The van der Waals surface area contributed by atoms with Crippen LogP contribution in [0, 0.1) is 0 Å². The summed E-state index contributed by atoms with van der Waals surface area (Å²) in [5.41, 5.74) is 0.271. The Morgan fingerprint density at radius 2 is 2.12 bits per heavy atom. The molecule has 0 aliphatic heterocycles. The Hall–Kier alpha value is -1.85. The number of rotatable bonds is 7. The third-order valence-electron chi connectivity index (χ3n) is 2.69. The first kappa shape index (κ1) is 18.5. The lowest BCUT2D eigenvalue weighted by molar-refractivity contribution is -0.114. The van der Waals surface area contributed by atoms with Gasteiger partial charge in [0.15, 0.2) is 4.34 Å². The van der Waals surface area contributed by atoms with Crippen LogP contribution in [0.1, 0.15) is 13.8 Å². The first-order valence-corrected chi connectivity index (χ1v) is 10.1. The minimum atomic E-state index is -3.86. The van der Waals surface area contributed by atoms with Crippen LogP contribution in [-0.2, 0) is 14.8 Å². The number of amides is 1. The number of anilines is 2. The summed E-state index contributed by atoms with van der Waals surface area (Å²) < 4.78 is 33.1. The molecule has 1 heterocycles. The Morgan fingerprint density at radius 1 is 1.38 bits per heavy atom. The third-order valence-corrected chi connectivity index (χ3v) is 6.01. The molecule has 24 heavy (non-hydrogen) atoms. The Balaban J connectivity index is 2.29. The highest BCUT2D eigenvalue weighted by atomic mass is 32.2. The number of methoxy groups -OCH3 is 1. The van der Waals surface area contributed by atoms with Gasteiger partial charge in [0, 0.05) is 6.92 Å². The highest BCUT2D eigenvalue weighted by Gasteiger charge is 2.19. The van der Waals surface area contributed by atoms with Crippen molar-refractivity contribution in [1.29, 1.82) is 0 Å². The Bertz CT molecular complexity index is 835.